The van der Waals surface area contributed by atoms with Crippen LogP contribution < -0.4 is 14.8 Å². The molecule has 1 aromatic carbocycles. The molecule has 0 bridgehead atoms. The number of nitrogens with one attached hydrogen (secondary N) is 1. The Hall–Kier alpha value is -2.27. The molecule has 5 nitrogen and oxygen atoms in total. The van der Waals surface area contributed by atoms with Gasteiger partial charge in [-0.15, -0.1) is 0 Å². The number of aliphatic hydroxyl groups is 1. The third-order valence-electron chi connectivity index (χ3n) is 3.04. The van der Waals surface area contributed by atoms with Crippen molar-refractivity contribution < 1.29 is 14.6 Å². The number of ether oxygens (including phenoxy) is 2. The van der Waals surface area contributed by atoms with Crippen molar-refractivity contribution in [3.05, 3.63) is 47.8 Å². The van der Waals surface area contributed by atoms with Gasteiger partial charge in [-0.25, -0.2) is 0 Å². The largest absolute Gasteiger partial charge is 0.493 e. The van der Waals surface area contributed by atoms with Gasteiger partial charge in [0.2, 0.25) is 0 Å². The van der Waals surface area contributed by atoms with Crippen LogP contribution in [0.25, 0.3) is 0 Å². The maximum atomic E-state index is 9.29. The topological polar surface area (TPSA) is 63.6 Å². The van der Waals surface area contributed by atoms with Crippen LogP contribution in [0.3, 0.4) is 0 Å². The van der Waals surface area contributed by atoms with E-state index >= 15 is 0 Å². The van der Waals surface area contributed by atoms with Crippen LogP contribution in [-0.4, -0.2) is 24.3 Å². The molecule has 0 unspecified atom stereocenters. The Morgan fingerprint density at radius 2 is 2.00 bits per heavy atom. The second kappa shape index (κ2) is 6.77. The molecule has 0 aliphatic heterocycles. The number of nitrogens with zero attached hydrogens (tertiary/aromatic N) is 1. The molecule has 106 valence electrons. The minimum Gasteiger partial charge on any atom is -0.493 e. The number of anilines is 1. The van der Waals surface area contributed by atoms with Crippen LogP contribution in [0.5, 0.6) is 11.5 Å². The summed E-state index contributed by atoms with van der Waals surface area (Å²) >= 11 is 0. The van der Waals surface area contributed by atoms with Crippen LogP contribution in [0.2, 0.25) is 0 Å². The van der Waals surface area contributed by atoms with Gasteiger partial charge in [-0.2, -0.15) is 0 Å². The fourth-order valence-corrected chi connectivity index (χ4v) is 2.00. The SMILES string of the molecule is COc1cccc(CNc2cnccc2CO)c1OC. The van der Waals surface area contributed by atoms with E-state index in [1.54, 1.807) is 32.7 Å². The van der Waals surface area contributed by atoms with Gasteiger partial charge in [0.05, 0.1) is 32.7 Å². The molecule has 5 heteroatoms. The first kappa shape index (κ1) is 14.1. The van der Waals surface area contributed by atoms with E-state index in [2.05, 4.69) is 10.3 Å². The summed E-state index contributed by atoms with van der Waals surface area (Å²) < 4.78 is 10.7. The van der Waals surface area contributed by atoms with Crippen molar-refractivity contribution in [2.75, 3.05) is 19.5 Å². The zero-order chi connectivity index (χ0) is 14.4. The molecule has 0 saturated heterocycles. The van der Waals surface area contributed by atoms with Crippen LogP contribution in [0.4, 0.5) is 5.69 Å². The monoisotopic (exact) mass is 274 g/mol. The second-order valence-corrected chi connectivity index (χ2v) is 4.20. The third kappa shape index (κ3) is 3.00. The number of benzene rings is 1. The summed E-state index contributed by atoms with van der Waals surface area (Å²) in [7, 11) is 3.23. The fraction of sp³-hybridized carbons (Fsp3) is 0.267. The highest BCUT2D eigenvalue weighted by Crippen LogP contribution is 2.31. The lowest BCUT2D eigenvalue weighted by atomic mass is 10.1. The van der Waals surface area contributed by atoms with Crippen molar-refractivity contribution in [3.8, 4) is 11.5 Å². The minimum atomic E-state index is -0.0277. The van der Waals surface area contributed by atoms with E-state index < -0.39 is 0 Å². The lowest BCUT2D eigenvalue weighted by Crippen LogP contribution is -2.05. The zero-order valence-electron chi connectivity index (χ0n) is 11.6. The van der Waals surface area contributed by atoms with Gasteiger partial charge in [-0.05, 0) is 12.1 Å². The highest BCUT2D eigenvalue weighted by Gasteiger charge is 2.09. The molecule has 0 atom stereocenters. The van der Waals surface area contributed by atoms with E-state index in [-0.39, 0.29) is 6.61 Å². The van der Waals surface area contributed by atoms with Crippen LogP contribution >= 0.6 is 0 Å². The van der Waals surface area contributed by atoms with Crippen LogP contribution in [-0.2, 0) is 13.2 Å². The molecule has 1 heterocycles. The highest BCUT2D eigenvalue weighted by atomic mass is 16.5. The number of hydrogen-bond acceptors (Lipinski definition) is 5. The number of pyridine rings is 1. The molecule has 0 amide bonds. The molecular weight excluding hydrogens is 256 g/mol. The first-order chi connectivity index (χ1) is 9.80. The highest BCUT2D eigenvalue weighted by molar-refractivity contribution is 5.52. The van der Waals surface area contributed by atoms with Gasteiger partial charge in [0.1, 0.15) is 0 Å². The number of aromatic nitrogens is 1. The molecule has 0 saturated carbocycles. The van der Waals surface area contributed by atoms with Gasteiger partial charge in [0.15, 0.2) is 11.5 Å². The average Bonchev–Trinajstić information content (AvgIpc) is 2.52. The molecule has 0 spiro atoms. The van der Waals surface area contributed by atoms with Crippen molar-refractivity contribution in [2.45, 2.75) is 13.2 Å². The van der Waals surface area contributed by atoms with E-state index in [9.17, 15) is 5.11 Å². The fourth-order valence-electron chi connectivity index (χ4n) is 2.00. The molecule has 2 rings (SSSR count). The van der Waals surface area contributed by atoms with Gasteiger partial charge in [-0.1, -0.05) is 12.1 Å². The first-order valence-electron chi connectivity index (χ1n) is 6.27. The van der Waals surface area contributed by atoms with E-state index in [4.69, 9.17) is 9.47 Å². The molecule has 2 aromatic rings. The quantitative estimate of drug-likeness (QED) is 0.845. The molecule has 0 aliphatic carbocycles. The molecule has 0 aliphatic rings. The maximum absolute atomic E-state index is 9.29. The Balaban J connectivity index is 2.19. The van der Waals surface area contributed by atoms with E-state index in [1.165, 1.54) is 0 Å². The summed E-state index contributed by atoms with van der Waals surface area (Å²) in [6.07, 6.45) is 3.35. The molecule has 2 N–H and O–H groups in total. The van der Waals surface area contributed by atoms with Crippen molar-refractivity contribution in [2.24, 2.45) is 0 Å². The number of rotatable bonds is 6. The van der Waals surface area contributed by atoms with Gasteiger partial charge >= 0.3 is 0 Å². The number of methoxy groups -OCH3 is 2. The van der Waals surface area contributed by atoms with Gasteiger partial charge in [-0.3, -0.25) is 4.98 Å². The van der Waals surface area contributed by atoms with Crippen molar-refractivity contribution in [3.63, 3.8) is 0 Å². The number of aliphatic hydroxyl groups excluding tert-OH is 1. The van der Waals surface area contributed by atoms with Crippen LogP contribution in [0, 0.1) is 0 Å². The Labute approximate surface area is 118 Å². The number of para-hydroxylation sites is 1. The molecule has 0 radical (unpaired) electrons. The Morgan fingerprint density at radius 3 is 2.70 bits per heavy atom. The summed E-state index contributed by atoms with van der Waals surface area (Å²) in [5.74, 6) is 1.40. The summed E-state index contributed by atoms with van der Waals surface area (Å²) in [4.78, 5) is 4.05. The summed E-state index contributed by atoms with van der Waals surface area (Å²) in [6, 6.07) is 7.51. The lowest BCUT2D eigenvalue weighted by molar-refractivity contribution is 0.282. The van der Waals surface area contributed by atoms with E-state index in [1.807, 2.05) is 18.2 Å². The molecule has 20 heavy (non-hydrogen) atoms. The van der Waals surface area contributed by atoms with Crippen LogP contribution in [0.1, 0.15) is 11.1 Å². The van der Waals surface area contributed by atoms with E-state index in [0.29, 0.717) is 18.0 Å². The Kier molecular flexibility index (Phi) is 4.79. The van der Waals surface area contributed by atoms with Crippen molar-refractivity contribution in [1.29, 1.82) is 0 Å². The Bertz CT molecular complexity index is 573. The van der Waals surface area contributed by atoms with Crippen molar-refractivity contribution >= 4 is 5.69 Å². The summed E-state index contributed by atoms with van der Waals surface area (Å²) in [6.45, 7) is 0.527. The normalized spacial score (nSPS) is 10.2. The predicted octanol–water partition coefficient (Wildman–Crippen LogP) is 2.20. The van der Waals surface area contributed by atoms with Crippen molar-refractivity contribution in [1.82, 2.24) is 4.98 Å². The number of hydrogen-bond donors (Lipinski definition) is 2. The average molecular weight is 274 g/mol. The smallest absolute Gasteiger partial charge is 0.165 e. The summed E-state index contributed by atoms with van der Waals surface area (Å²) in [5, 5.41) is 12.5. The molecular formula is C15H18N2O3. The van der Waals surface area contributed by atoms with Gasteiger partial charge < -0.3 is 19.9 Å². The van der Waals surface area contributed by atoms with Crippen LogP contribution in [0.15, 0.2) is 36.7 Å². The first-order valence-corrected chi connectivity index (χ1v) is 6.27. The molecule has 1 aromatic heterocycles. The second-order valence-electron chi connectivity index (χ2n) is 4.20. The minimum absolute atomic E-state index is 0.0277. The summed E-state index contributed by atoms with van der Waals surface area (Å²) in [5.41, 5.74) is 2.58. The van der Waals surface area contributed by atoms with Gasteiger partial charge in [0.25, 0.3) is 0 Å². The zero-order valence-corrected chi connectivity index (χ0v) is 11.6. The molecule has 0 fully saturated rings. The Morgan fingerprint density at radius 1 is 1.15 bits per heavy atom. The van der Waals surface area contributed by atoms with Gasteiger partial charge in [0, 0.05) is 23.9 Å². The maximum Gasteiger partial charge on any atom is 0.165 e. The predicted molar refractivity (Wildman–Crippen MR) is 77.0 cm³/mol. The van der Waals surface area contributed by atoms with E-state index in [0.717, 1.165) is 16.8 Å². The lowest BCUT2D eigenvalue weighted by Gasteiger charge is -2.14. The standard InChI is InChI=1S/C15H18N2O3/c1-19-14-5-3-4-11(15(14)20-2)8-17-13-9-16-7-6-12(13)10-18/h3-7,9,17-18H,8,10H2,1-2H3. The third-order valence-corrected chi connectivity index (χ3v) is 3.04.